The molecule has 0 saturated heterocycles. The van der Waals surface area contributed by atoms with Gasteiger partial charge in [-0.05, 0) is 30.0 Å². The predicted molar refractivity (Wildman–Crippen MR) is 64.3 cm³/mol. The Balaban J connectivity index is 1.86. The molecular weight excluding hydrogens is 217 g/mol. The topological polar surface area (TPSA) is 29.9 Å². The van der Waals surface area contributed by atoms with E-state index < -0.39 is 0 Å². The van der Waals surface area contributed by atoms with Crippen LogP contribution < -0.4 is 5.32 Å². The van der Waals surface area contributed by atoms with Gasteiger partial charge < -0.3 is 5.32 Å². The Labute approximate surface area is 99.3 Å². The van der Waals surface area contributed by atoms with Gasteiger partial charge in [0.05, 0.1) is 17.9 Å². The molecule has 88 valence electrons. The van der Waals surface area contributed by atoms with Crippen LogP contribution in [0.4, 0.5) is 10.1 Å². The van der Waals surface area contributed by atoms with Crippen LogP contribution in [0.25, 0.3) is 0 Å². The van der Waals surface area contributed by atoms with Crippen molar-refractivity contribution in [2.45, 2.75) is 18.9 Å². The van der Waals surface area contributed by atoms with Crippen LogP contribution >= 0.6 is 0 Å². The van der Waals surface area contributed by atoms with Crippen LogP contribution in [0.1, 0.15) is 23.6 Å². The number of aromatic nitrogens is 2. The van der Waals surface area contributed by atoms with Crippen LogP contribution in [-0.4, -0.2) is 9.78 Å². The van der Waals surface area contributed by atoms with E-state index in [9.17, 15) is 4.39 Å². The van der Waals surface area contributed by atoms with Crippen molar-refractivity contribution < 1.29 is 4.39 Å². The summed E-state index contributed by atoms with van der Waals surface area (Å²) in [5, 5.41) is 7.51. The van der Waals surface area contributed by atoms with E-state index in [1.165, 1.54) is 6.07 Å². The lowest BCUT2D eigenvalue weighted by Gasteiger charge is -2.13. The zero-order valence-electron chi connectivity index (χ0n) is 9.65. The first-order valence-electron chi connectivity index (χ1n) is 5.76. The summed E-state index contributed by atoms with van der Waals surface area (Å²) in [6, 6.07) is 5.51. The molecule has 4 heteroatoms. The molecule has 0 spiro atoms. The number of halogens is 1. The van der Waals surface area contributed by atoms with E-state index in [4.69, 9.17) is 0 Å². The third-order valence-electron chi connectivity index (χ3n) is 3.26. The minimum absolute atomic E-state index is 0.0852. The van der Waals surface area contributed by atoms with Crippen LogP contribution in [0.3, 0.4) is 0 Å². The number of rotatable bonds is 2. The highest BCUT2D eigenvalue weighted by molar-refractivity contribution is 5.46. The largest absolute Gasteiger partial charge is 0.376 e. The van der Waals surface area contributed by atoms with Gasteiger partial charge in [0.1, 0.15) is 5.82 Å². The molecule has 0 radical (unpaired) electrons. The minimum atomic E-state index is -0.0852. The number of hydrogen-bond acceptors (Lipinski definition) is 2. The zero-order chi connectivity index (χ0) is 11.8. The summed E-state index contributed by atoms with van der Waals surface area (Å²) < 4.78 is 15.3. The molecule has 0 amide bonds. The predicted octanol–water partition coefficient (Wildman–Crippen LogP) is 2.66. The summed E-state index contributed by atoms with van der Waals surface area (Å²) in [6.07, 6.45) is 5.46. The van der Waals surface area contributed by atoms with Gasteiger partial charge in [0.15, 0.2) is 0 Å². The summed E-state index contributed by atoms with van der Waals surface area (Å²) in [5.41, 5.74) is 2.91. The van der Waals surface area contributed by atoms with Crippen molar-refractivity contribution in [2.75, 3.05) is 5.32 Å². The van der Waals surface area contributed by atoms with Gasteiger partial charge in [0.2, 0.25) is 0 Å². The standard InChI is InChI=1S/C13H14FN3/c1-17-8-9(7-15-17)16-13-6-5-10-11(13)3-2-4-12(10)14/h2-4,7-8,13,16H,5-6H2,1H3. The first-order valence-corrected chi connectivity index (χ1v) is 5.76. The summed E-state index contributed by atoms with van der Waals surface area (Å²) in [7, 11) is 1.88. The van der Waals surface area contributed by atoms with Gasteiger partial charge >= 0.3 is 0 Å². The van der Waals surface area contributed by atoms with E-state index in [0.29, 0.717) is 0 Å². The monoisotopic (exact) mass is 231 g/mol. The molecule has 2 aromatic rings. The minimum Gasteiger partial charge on any atom is -0.376 e. The van der Waals surface area contributed by atoms with Gasteiger partial charge in [0.25, 0.3) is 0 Å². The zero-order valence-corrected chi connectivity index (χ0v) is 9.65. The fourth-order valence-electron chi connectivity index (χ4n) is 2.46. The molecule has 1 aromatic carbocycles. The molecule has 3 rings (SSSR count). The average molecular weight is 231 g/mol. The number of nitrogens with one attached hydrogen (secondary N) is 1. The molecule has 17 heavy (non-hydrogen) atoms. The maximum atomic E-state index is 13.6. The first-order chi connectivity index (χ1) is 8.24. The normalized spacial score (nSPS) is 18.1. The highest BCUT2D eigenvalue weighted by Crippen LogP contribution is 2.34. The molecule has 0 fully saturated rings. The number of fused-ring (bicyclic) bond motifs is 1. The third-order valence-corrected chi connectivity index (χ3v) is 3.26. The first kappa shape index (κ1) is 10.3. The van der Waals surface area contributed by atoms with Crippen molar-refractivity contribution in [1.82, 2.24) is 9.78 Å². The van der Waals surface area contributed by atoms with Crippen LogP contribution in [-0.2, 0) is 13.5 Å². The SMILES string of the molecule is Cn1cc(NC2CCc3c(F)cccc32)cn1. The Kier molecular flexibility index (Phi) is 2.35. The lowest BCUT2D eigenvalue weighted by molar-refractivity contribution is 0.612. The highest BCUT2D eigenvalue weighted by atomic mass is 19.1. The fraction of sp³-hybridized carbons (Fsp3) is 0.308. The van der Waals surface area contributed by atoms with E-state index in [2.05, 4.69) is 10.4 Å². The van der Waals surface area contributed by atoms with Crippen molar-refractivity contribution in [3.63, 3.8) is 0 Å². The van der Waals surface area contributed by atoms with Crippen LogP contribution in [0.2, 0.25) is 0 Å². The van der Waals surface area contributed by atoms with E-state index >= 15 is 0 Å². The van der Waals surface area contributed by atoms with Crippen LogP contribution in [0.15, 0.2) is 30.6 Å². The fourth-order valence-corrected chi connectivity index (χ4v) is 2.46. The Hall–Kier alpha value is -1.84. The van der Waals surface area contributed by atoms with Gasteiger partial charge in [-0.15, -0.1) is 0 Å². The van der Waals surface area contributed by atoms with Crippen molar-refractivity contribution in [1.29, 1.82) is 0 Å². The van der Waals surface area contributed by atoms with Gasteiger partial charge in [-0.25, -0.2) is 4.39 Å². The summed E-state index contributed by atoms with van der Waals surface area (Å²) >= 11 is 0. The quantitative estimate of drug-likeness (QED) is 0.861. The molecule has 1 aliphatic rings. The lowest BCUT2D eigenvalue weighted by Crippen LogP contribution is -2.06. The van der Waals surface area contributed by atoms with Gasteiger partial charge in [-0.1, -0.05) is 12.1 Å². The average Bonchev–Trinajstić information content (AvgIpc) is 2.88. The maximum Gasteiger partial charge on any atom is 0.126 e. The van der Waals surface area contributed by atoms with Crippen molar-refractivity contribution in [3.05, 3.63) is 47.5 Å². The Morgan fingerprint density at radius 3 is 3.12 bits per heavy atom. The summed E-state index contributed by atoms with van der Waals surface area (Å²) in [5.74, 6) is -0.0852. The third kappa shape index (κ3) is 1.79. The van der Waals surface area contributed by atoms with Crippen molar-refractivity contribution in [2.24, 2.45) is 7.05 Å². The highest BCUT2D eigenvalue weighted by Gasteiger charge is 2.24. The second kappa shape index (κ2) is 3.87. The van der Waals surface area contributed by atoms with E-state index in [1.807, 2.05) is 19.3 Å². The Bertz CT molecular complexity index is 547. The number of aryl methyl sites for hydroxylation is 1. The van der Waals surface area contributed by atoms with E-state index in [1.54, 1.807) is 16.9 Å². The maximum absolute atomic E-state index is 13.6. The smallest absolute Gasteiger partial charge is 0.126 e. The Morgan fingerprint density at radius 1 is 1.47 bits per heavy atom. The second-order valence-corrected chi connectivity index (χ2v) is 4.45. The molecule has 1 heterocycles. The van der Waals surface area contributed by atoms with E-state index in [-0.39, 0.29) is 11.9 Å². The molecule has 0 bridgehead atoms. The molecule has 0 saturated carbocycles. The number of hydrogen-bond donors (Lipinski definition) is 1. The summed E-state index contributed by atoms with van der Waals surface area (Å²) in [4.78, 5) is 0. The molecule has 0 aliphatic heterocycles. The van der Waals surface area contributed by atoms with Crippen molar-refractivity contribution >= 4 is 5.69 Å². The number of nitrogens with zero attached hydrogens (tertiary/aromatic N) is 2. The molecule has 1 aromatic heterocycles. The summed E-state index contributed by atoms with van der Waals surface area (Å²) in [6.45, 7) is 0. The van der Waals surface area contributed by atoms with Gasteiger partial charge in [0, 0.05) is 13.2 Å². The van der Waals surface area contributed by atoms with E-state index in [0.717, 1.165) is 29.7 Å². The molecule has 1 unspecified atom stereocenters. The second-order valence-electron chi connectivity index (χ2n) is 4.45. The van der Waals surface area contributed by atoms with Gasteiger partial charge in [-0.2, -0.15) is 5.10 Å². The van der Waals surface area contributed by atoms with Gasteiger partial charge in [-0.3, -0.25) is 4.68 Å². The molecule has 1 aliphatic carbocycles. The Morgan fingerprint density at radius 2 is 2.35 bits per heavy atom. The van der Waals surface area contributed by atoms with Crippen molar-refractivity contribution in [3.8, 4) is 0 Å². The number of benzene rings is 1. The molecule has 3 nitrogen and oxygen atoms in total. The lowest BCUT2D eigenvalue weighted by atomic mass is 10.1. The molecular formula is C13H14FN3. The molecule has 1 atom stereocenters. The molecule has 1 N–H and O–H groups in total. The van der Waals surface area contributed by atoms with Crippen LogP contribution in [0, 0.1) is 5.82 Å². The van der Waals surface area contributed by atoms with Crippen LogP contribution in [0.5, 0.6) is 0 Å². The number of anilines is 1.